The van der Waals surface area contributed by atoms with Gasteiger partial charge in [0.2, 0.25) is 11.8 Å². The van der Waals surface area contributed by atoms with E-state index in [9.17, 15) is 19.5 Å². The molecule has 0 spiro atoms. The van der Waals surface area contributed by atoms with Crippen LogP contribution in [-0.2, 0) is 27.2 Å². The summed E-state index contributed by atoms with van der Waals surface area (Å²) in [6.45, 7) is 0. The van der Waals surface area contributed by atoms with Crippen LogP contribution in [0.2, 0.25) is 0 Å². The van der Waals surface area contributed by atoms with Crippen molar-refractivity contribution >= 4 is 40.4 Å². The van der Waals surface area contributed by atoms with Gasteiger partial charge < -0.3 is 31.4 Å². The number of nitrogens with zero attached hydrogens (tertiary/aromatic N) is 1. The van der Waals surface area contributed by atoms with Crippen molar-refractivity contribution < 1.29 is 19.5 Å². The zero-order chi connectivity index (χ0) is 23.8. The second kappa shape index (κ2) is 11.5. The van der Waals surface area contributed by atoms with E-state index in [1.165, 1.54) is 18.1 Å². The van der Waals surface area contributed by atoms with Crippen molar-refractivity contribution in [1.29, 1.82) is 0 Å². The van der Waals surface area contributed by atoms with Crippen molar-refractivity contribution in [2.45, 2.75) is 37.4 Å². The summed E-state index contributed by atoms with van der Waals surface area (Å²) in [6.07, 6.45) is 7.35. The Morgan fingerprint density at radius 2 is 1.88 bits per heavy atom. The van der Waals surface area contributed by atoms with Crippen molar-refractivity contribution in [3.05, 3.63) is 54.2 Å². The largest absolute Gasteiger partial charge is 0.480 e. The second-order valence-corrected chi connectivity index (χ2v) is 8.68. The van der Waals surface area contributed by atoms with Crippen molar-refractivity contribution in [3.8, 4) is 0 Å². The van der Waals surface area contributed by atoms with Crippen molar-refractivity contribution in [2.75, 3.05) is 12.0 Å². The Hall–Kier alpha value is -3.31. The number of nitrogens with two attached hydrogens (primary N) is 1. The highest BCUT2D eigenvalue weighted by atomic mass is 32.2. The number of aromatic amines is 2. The van der Waals surface area contributed by atoms with Gasteiger partial charge in [-0.1, -0.05) is 18.2 Å². The summed E-state index contributed by atoms with van der Waals surface area (Å²) >= 11 is 1.49. The third-order valence-corrected chi connectivity index (χ3v) is 5.93. The van der Waals surface area contributed by atoms with E-state index in [2.05, 4.69) is 25.6 Å². The molecular weight excluding hydrogens is 444 g/mol. The summed E-state index contributed by atoms with van der Waals surface area (Å²) < 4.78 is 0. The van der Waals surface area contributed by atoms with Crippen molar-refractivity contribution in [1.82, 2.24) is 25.6 Å². The van der Waals surface area contributed by atoms with Gasteiger partial charge in [0.15, 0.2) is 0 Å². The maximum atomic E-state index is 12.9. The number of imidazole rings is 1. The number of H-pyrrole nitrogens is 2. The first kappa shape index (κ1) is 24.3. The van der Waals surface area contributed by atoms with Crippen LogP contribution in [-0.4, -0.2) is 68.0 Å². The minimum Gasteiger partial charge on any atom is -0.480 e. The normalized spacial score (nSPS) is 13.9. The third kappa shape index (κ3) is 6.59. The number of benzene rings is 1. The predicted molar refractivity (Wildman–Crippen MR) is 127 cm³/mol. The Morgan fingerprint density at radius 1 is 1.12 bits per heavy atom. The number of carboxylic acid groups (broad SMARTS) is 1. The molecule has 7 N–H and O–H groups in total. The molecule has 2 amide bonds. The first-order valence-corrected chi connectivity index (χ1v) is 11.9. The number of aromatic nitrogens is 3. The molecule has 11 heteroatoms. The number of aliphatic carboxylic acids is 1. The van der Waals surface area contributed by atoms with Crippen LogP contribution >= 0.6 is 11.8 Å². The minimum absolute atomic E-state index is 0.117. The quantitative estimate of drug-likeness (QED) is 0.227. The molecule has 3 unspecified atom stereocenters. The van der Waals surface area contributed by atoms with Gasteiger partial charge in [-0.05, 0) is 36.5 Å². The molecule has 0 aliphatic carbocycles. The molecule has 0 saturated heterocycles. The lowest BCUT2D eigenvalue weighted by molar-refractivity contribution is -0.142. The molecule has 33 heavy (non-hydrogen) atoms. The van der Waals surface area contributed by atoms with E-state index in [4.69, 9.17) is 5.73 Å². The van der Waals surface area contributed by atoms with Gasteiger partial charge in [-0.25, -0.2) is 9.78 Å². The van der Waals surface area contributed by atoms with Crippen molar-refractivity contribution in [3.63, 3.8) is 0 Å². The van der Waals surface area contributed by atoms with Crippen LogP contribution in [0.1, 0.15) is 17.7 Å². The SMILES string of the molecule is CSCCC(NC(=O)C(Cc1cnc[nH]1)NC(=O)C(N)Cc1c[nH]c2ccccc12)C(=O)O. The molecule has 0 bridgehead atoms. The molecule has 0 fully saturated rings. The lowest BCUT2D eigenvalue weighted by Gasteiger charge is -2.22. The number of thioether (sulfide) groups is 1. The molecule has 10 nitrogen and oxygen atoms in total. The molecule has 0 radical (unpaired) electrons. The van der Waals surface area contributed by atoms with Crippen molar-refractivity contribution in [2.24, 2.45) is 5.73 Å². The van der Waals surface area contributed by atoms with Crippen LogP contribution in [0.3, 0.4) is 0 Å². The van der Waals surface area contributed by atoms with Gasteiger partial charge in [-0.3, -0.25) is 9.59 Å². The van der Waals surface area contributed by atoms with E-state index in [1.807, 2.05) is 36.7 Å². The molecule has 3 rings (SSSR count). The van der Waals surface area contributed by atoms with E-state index in [0.29, 0.717) is 11.4 Å². The Morgan fingerprint density at radius 3 is 2.58 bits per heavy atom. The summed E-state index contributed by atoms with van der Waals surface area (Å²) in [5, 5.41) is 15.6. The maximum Gasteiger partial charge on any atom is 0.326 e. The van der Waals surface area contributed by atoms with Crippen LogP contribution in [0, 0.1) is 0 Å². The van der Waals surface area contributed by atoms with E-state index in [1.54, 1.807) is 6.20 Å². The molecule has 0 saturated carbocycles. The number of hydrogen-bond donors (Lipinski definition) is 6. The lowest BCUT2D eigenvalue weighted by Crippen LogP contribution is -2.55. The molecule has 0 aliphatic heterocycles. The van der Waals surface area contributed by atoms with Crippen LogP contribution in [0.25, 0.3) is 10.9 Å². The molecular formula is C22H28N6O4S. The number of fused-ring (bicyclic) bond motifs is 1. The summed E-state index contributed by atoms with van der Waals surface area (Å²) in [7, 11) is 0. The molecule has 176 valence electrons. The average Bonchev–Trinajstić information content (AvgIpc) is 3.46. The summed E-state index contributed by atoms with van der Waals surface area (Å²) in [4.78, 5) is 47.3. The first-order valence-electron chi connectivity index (χ1n) is 10.5. The number of carbonyl (C=O) groups is 3. The van der Waals surface area contributed by atoms with Crippen LogP contribution < -0.4 is 16.4 Å². The van der Waals surface area contributed by atoms with Gasteiger partial charge in [0.05, 0.1) is 12.4 Å². The highest BCUT2D eigenvalue weighted by molar-refractivity contribution is 7.98. The van der Waals surface area contributed by atoms with Gasteiger partial charge in [-0.15, -0.1) is 0 Å². The molecule has 3 atom stereocenters. The first-order chi connectivity index (χ1) is 15.9. The van der Waals surface area contributed by atoms with Crippen LogP contribution in [0.5, 0.6) is 0 Å². The van der Waals surface area contributed by atoms with E-state index in [-0.39, 0.29) is 19.3 Å². The van der Waals surface area contributed by atoms with Gasteiger partial charge in [0.1, 0.15) is 12.1 Å². The molecule has 0 aliphatic rings. The zero-order valence-electron chi connectivity index (χ0n) is 18.2. The maximum absolute atomic E-state index is 12.9. The standard InChI is InChI=1S/C22H28N6O4S/c1-33-7-6-18(22(31)32)27-21(30)19(9-14-11-24-12-26-14)28-20(29)16(23)8-13-10-25-17-5-3-2-4-15(13)17/h2-5,10-12,16,18-19,25H,6-9,23H2,1H3,(H,24,26)(H,27,30)(H,28,29)(H,31,32). The van der Waals surface area contributed by atoms with Gasteiger partial charge >= 0.3 is 5.97 Å². The highest BCUT2D eigenvalue weighted by Crippen LogP contribution is 2.18. The Labute approximate surface area is 195 Å². The number of hydrogen-bond acceptors (Lipinski definition) is 6. The summed E-state index contributed by atoms with van der Waals surface area (Å²) in [5.41, 5.74) is 8.62. The van der Waals surface area contributed by atoms with Gasteiger partial charge in [-0.2, -0.15) is 11.8 Å². The Bertz CT molecular complexity index is 1080. The fraction of sp³-hybridized carbons (Fsp3) is 0.364. The molecule has 2 heterocycles. The van der Waals surface area contributed by atoms with Crippen LogP contribution in [0.4, 0.5) is 0 Å². The lowest BCUT2D eigenvalue weighted by atomic mass is 10.0. The number of carbonyl (C=O) groups excluding carboxylic acids is 2. The van der Waals surface area contributed by atoms with Gasteiger partial charge in [0.25, 0.3) is 0 Å². The van der Waals surface area contributed by atoms with E-state index in [0.717, 1.165) is 16.5 Å². The zero-order valence-corrected chi connectivity index (χ0v) is 19.0. The van der Waals surface area contributed by atoms with E-state index >= 15 is 0 Å². The smallest absolute Gasteiger partial charge is 0.326 e. The number of para-hydroxylation sites is 1. The Balaban J connectivity index is 1.69. The predicted octanol–water partition coefficient (Wildman–Crippen LogP) is 0.811. The number of rotatable bonds is 12. The topological polar surface area (TPSA) is 166 Å². The fourth-order valence-corrected chi connectivity index (χ4v) is 3.97. The summed E-state index contributed by atoms with van der Waals surface area (Å²) in [5.74, 6) is -1.65. The number of amides is 2. The second-order valence-electron chi connectivity index (χ2n) is 7.69. The molecule has 3 aromatic rings. The highest BCUT2D eigenvalue weighted by Gasteiger charge is 2.28. The number of carboxylic acids is 1. The fourth-order valence-electron chi connectivity index (χ4n) is 3.50. The third-order valence-electron chi connectivity index (χ3n) is 5.29. The van der Waals surface area contributed by atoms with Crippen LogP contribution in [0.15, 0.2) is 43.0 Å². The number of nitrogens with one attached hydrogen (secondary N) is 4. The molecule has 1 aromatic carbocycles. The minimum atomic E-state index is -1.12. The summed E-state index contributed by atoms with van der Waals surface area (Å²) in [6, 6.07) is 4.75. The van der Waals surface area contributed by atoms with E-state index < -0.39 is 35.9 Å². The monoisotopic (exact) mass is 472 g/mol. The Kier molecular flexibility index (Phi) is 8.50. The molecule has 2 aromatic heterocycles. The van der Waals surface area contributed by atoms with Gasteiger partial charge in [0, 0.05) is 35.4 Å². The average molecular weight is 473 g/mol.